The number of nitrogens with two attached hydrogens (primary N) is 1. The number of nitrogen functional groups attached to an aromatic ring is 1. The maximum atomic E-state index is 8.35. The summed E-state index contributed by atoms with van der Waals surface area (Å²) in [5.74, 6) is 0.735. The lowest BCUT2D eigenvalue weighted by Crippen LogP contribution is -2.00. The molecule has 62 valence electrons. The van der Waals surface area contributed by atoms with Gasteiger partial charge in [-0.15, -0.1) is 0 Å². The number of hydrogen-bond acceptors (Lipinski definition) is 5. The number of methoxy groups -OCH3 is 1. The van der Waals surface area contributed by atoms with E-state index in [9.17, 15) is 0 Å². The second-order valence-electron chi connectivity index (χ2n) is 2.09. The summed E-state index contributed by atoms with van der Waals surface area (Å²) in [6.07, 6.45) is 1.59. The SMILES string of the molecule is COc1nc(CC#N)ncc1N. The number of rotatable bonds is 2. The minimum absolute atomic E-state index is 0.163. The van der Waals surface area contributed by atoms with E-state index in [1.807, 2.05) is 6.07 Å². The standard InChI is InChI=1S/C7H8N4O/c1-12-7-5(9)4-10-6(11-7)2-3-8/h4H,2,9H2,1H3. The van der Waals surface area contributed by atoms with Gasteiger partial charge >= 0.3 is 0 Å². The topological polar surface area (TPSA) is 84.8 Å². The van der Waals surface area contributed by atoms with Crippen molar-refractivity contribution in [2.45, 2.75) is 6.42 Å². The summed E-state index contributed by atoms with van der Waals surface area (Å²) in [6, 6.07) is 1.93. The van der Waals surface area contributed by atoms with E-state index in [4.69, 9.17) is 15.7 Å². The molecule has 0 bridgehead atoms. The van der Waals surface area contributed by atoms with E-state index < -0.39 is 0 Å². The molecule has 1 heterocycles. The van der Waals surface area contributed by atoms with Crippen molar-refractivity contribution in [3.8, 4) is 11.9 Å². The molecule has 5 heteroatoms. The fourth-order valence-corrected chi connectivity index (χ4v) is 0.729. The van der Waals surface area contributed by atoms with Crippen molar-refractivity contribution in [3.05, 3.63) is 12.0 Å². The second kappa shape index (κ2) is 3.53. The van der Waals surface area contributed by atoms with Gasteiger partial charge in [-0.25, -0.2) is 4.98 Å². The molecule has 0 saturated heterocycles. The number of hydrogen-bond donors (Lipinski definition) is 1. The molecule has 0 spiro atoms. The molecule has 5 nitrogen and oxygen atoms in total. The third kappa shape index (κ3) is 1.61. The fraction of sp³-hybridized carbons (Fsp3) is 0.286. The zero-order valence-corrected chi connectivity index (χ0v) is 6.61. The Hall–Kier alpha value is -1.83. The number of nitrogens with zero attached hydrogens (tertiary/aromatic N) is 3. The Balaban J connectivity index is 2.98. The van der Waals surface area contributed by atoms with Crippen molar-refractivity contribution in [1.29, 1.82) is 5.26 Å². The van der Waals surface area contributed by atoms with Crippen LogP contribution < -0.4 is 10.5 Å². The minimum atomic E-state index is 0.163. The average molecular weight is 164 g/mol. The van der Waals surface area contributed by atoms with E-state index in [1.165, 1.54) is 13.3 Å². The molecule has 0 aliphatic rings. The maximum Gasteiger partial charge on any atom is 0.240 e. The van der Waals surface area contributed by atoms with Gasteiger partial charge in [0.1, 0.15) is 11.5 Å². The zero-order chi connectivity index (χ0) is 8.97. The van der Waals surface area contributed by atoms with Crippen LogP contribution in [0.3, 0.4) is 0 Å². The molecule has 0 radical (unpaired) electrons. The molecule has 0 aliphatic carbocycles. The first-order chi connectivity index (χ1) is 5.77. The molecule has 1 aromatic rings. The van der Waals surface area contributed by atoms with Crippen LogP contribution in [-0.4, -0.2) is 17.1 Å². The summed E-state index contributed by atoms with van der Waals surface area (Å²) >= 11 is 0. The quantitative estimate of drug-likeness (QED) is 0.671. The van der Waals surface area contributed by atoms with Crippen LogP contribution in [-0.2, 0) is 6.42 Å². The fourth-order valence-electron chi connectivity index (χ4n) is 0.729. The second-order valence-corrected chi connectivity index (χ2v) is 2.09. The van der Waals surface area contributed by atoms with Crippen molar-refractivity contribution >= 4 is 5.69 Å². The van der Waals surface area contributed by atoms with Crippen LogP contribution in [0.4, 0.5) is 5.69 Å². The summed E-state index contributed by atoms with van der Waals surface area (Å²) < 4.78 is 4.85. The normalized spacial score (nSPS) is 9.00. The molecule has 0 fully saturated rings. The number of ether oxygens (including phenoxy) is 1. The molecular weight excluding hydrogens is 156 g/mol. The Kier molecular flexibility index (Phi) is 2.43. The molecule has 1 rings (SSSR count). The van der Waals surface area contributed by atoms with E-state index in [0.29, 0.717) is 17.4 Å². The largest absolute Gasteiger partial charge is 0.479 e. The number of aromatic nitrogens is 2. The predicted octanol–water partition coefficient (Wildman–Crippen LogP) is 0.133. The Morgan fingerprint density at radius 2 is 2.50 bits per heavy atom. The smallest absolute Gasteiger partial charge is 0.240 e. The van der Waals surface area contributed by atoms with Crippen molar-refractivity contribution in [2.24, 2.45) is 0 Å². The lowest BCUT2D eigenvalue weighted by molar-refractivity contribution is 0.397. The van der Waals surface area contributed by atoms with Crippen LogP contribution in [0.15, 0.2) is 6.20 Å². The summed E-state index contributed by atoms with van der Waals surface area (Å²) in [5.41, 5.74) is 5.84. The summed E-state index contributed by atoms with van der Waals surface area (Å²) in [4.78, 5) is 7.74. The molecule has 2 N–H and O–H groups in total. The lowest BCUT2D eigenvalue weighted by Gasteiger charge is -2.02. The van der Waals surface area contributed by atoms with E-state index in [0.717, 1.165) is 0 Å². The Morgan fingerprint density at radius 3 is 3.08 bits per heavy atom. The molecule has 0 unspecified atom stereocenters. The van der Waals surface area contributed by atoms with Crippen LogP contribution in [0.5, 0.6) is 5.88 Å². The monoisotopic (exact) mass is 164 g/mol. The van der Waals surface area contributed by atoms with Gasteiger partial charge in [-0.3, -0.25) is 0 Å². The summed E-state index contributed by atoms with van der Waals surface area (Å²) in [6.45, 7) is 0. The highest BCUT2D eigenvalue weighted by atomic mass is 16.5. The predicted molar refractivity (Wildman–Crippen MR) is 42.3 cm³/mol. The molecule has 0 saturated carbocycles. The van der Waals surface area contributed by atoms with Gasteiger partial charge in [0.05, 0.1) is 25.8 Å². The highest BCUT2D eigenvalue weighted by molar-refractivity contribution is 5.45. The summed E-state index contributed by atoms with van der Waals surface area (Å²) in [5, 5.41) is 8.35. The highest BCUT2D eigenvalue weighted by Crippen LogP contribution is 2.15. The Morgan fingerprint density at radius 1 is 1.75 bits per heavy atom. The first kappa shape index (κ1) is 8.27. The minimum Gasteiger partial charge on any atom is -0.479 e. The lowest BCUT2D eigenvalue weighted by atomic mass is 10.4. The van der Waals surface area contributed by atoms with E-state index >= 15 is 0 Å². The van der Waals surface area contributed by atoms with E-state index in [1.54, 1.807) is 0 Å². The maximum absolute atomic E-state index is 8.35. The van der Waals surface area contributed by atoms with Crippen LogP contribution in [0.2, 0.25) is 0 Å². The first-order valence-electron chi connectivity index (χ1n) is 3.30. The molecular formula is C7H8N4O. The molecule has 0 aromatic carbocycles. The summed E-state index contributed by atoms with van der Waals surface area (Å²) in [7, 11) is 1.47. The first-order valence-corrected chi connectivity index (χ1v) is 3.30. The van der Waals surface area contributed by atoms with Crippen LogP contribution in [0.25, 0.3) is 0 Å². The van der Waals surface area contributed by atoms with E-state index in [-0.39, 0.29) is 6.42 Å². The van der Waals surface area contributed by atoms with Gasteiger partial charge in [0.25, 0.3) is 0 Å². The molecule has 0 amide bonds. The van der Waals surface area contributed by atoms with Gasteiger partial charge < -0.3 is 10.5 Å². The third-order valence-electron chi connectivity index (χ3n) is 1.26. The van der Waals surface area contributed by atoms with Gasteiger partial charge in [0.15, 0.2) is 0 Å². The van der Waals surface area contributed by atoms with Gasteiger partial charge in [0.2, 0.25) is 5.88 Å². The Bertz CT molecular complexity index is 318. The van der Waals surface area contributed by atoms with Crippen LogP contribution in [0, 0.1) is 11.3 Å². The van der Waals surface area contributed by atoms with Crippen molar-refractivity contribution in [3.63, 3.8) is 0 Å². The van der Waals surface area contributed by atoms with Gasteiger partial charge in [-0.2, -0.15) is 10.2 Å². The van der Waals surface area contributed by atoms with Gasteiger partial charge in [0, 0.05) is 0 Å². The van der Waals surface area contributed by atoms with Gasteiger partial charge in [-0.1, -0.05) is 0 Å². The van der Waals surface area contributed by atoms with Crippen molar-refractivity contribution in [1.82, 2.24) is 9.97 Å². The molecule has 1 aromatic heterocycles. The third-order valence-corrected chi connectivity index (χ3v) is 1.26. The number of nitriles is 1. The van der Waals surface area contributed by atoms with Gasteiger partial charge in [-0.05, 0) is 0 Å². The molecule has 12 heavy (non-hydrogen) atoms. The number of anilines is 1. The van der Waals surface area contributed by atoms with Crippen molar-refractivity contribution < 1.29 is 4.74 Å². The average Bonchev–Trinajstić information content (AvgIpc) is 2.09. The zero-order valence-electron chi connectivity index (χ0n) is 6.61. The molecule has 0 aliphatic heterocycles. The van der Waals surface area contributed by atoms with E-state index in [2.05, 4.69) is 9.97 Å². The Labute approximate surface area is 69.8 Å². The van der Waals surface area contributed by atoms with Crippen molar-refractivity contribution in [2.75, 3.05) is 12.8 Å². The highest BCUT2D eigenvalue weighted by Gasteiger charge is 2.02. The van der Waals surface area contributed by atoms with Crippen LogP contribution >= 0.6 is 0 Å². The molecule has 0 atom stereocenters. The van der Waals surface area contributed by atoms with Crippen LogP contribution in [0.1, 0.15) is 5.82 Å².